The summed E-state index contributed by atoms with van der Waals surface area (Å²) in [5, 5.41) is 11.7. The highest BCUT2D eigenvalue weighted by atomic mass is 32.1. The lowest BCUT2D eigenvalue weighted by molar-refractivity contribution is -0.132. The summed E-state index contributed by atoms with van der Waals surface area (Å²) in [4.78, 5) is 45.7. The number of anilines is 1. The number of ketones is 1. The number of hydrogen-bond donors (Lipinski definition) is 1. The molecule has 0 saturated carbocycles. The van der Waals surface area contributed by atoms with E-state index in [1.165, 1.54) is 4.90 Å². The topological polar surface area (TPSA) is 115 Å². The van der Waals surface area contributed by atoms with Crippen molar-refractivity contribution >= 4 is 39.9 Å². The molecule has 214 valence electrons. The van der Waals surface area contributed by atoms with Crippen LogP contribution >= 0.6 is 11.3 Å². The molecule has 5 rings (SSSR count). The molecule has 0 radical (unpaired) electrons. The van der Waals surface area contributed by atoms with E-state index in [0.29, 0.717) is 34.1 Å². The van der Waals surface area contributed by atoms with Crippen molar-refractivity contribution in [3.8, 4) is 17.2 Å². The van der Waals surface area contributed by atoms with Crippen molar-refractivity contribution in [2.24, 2.45) is 0 Å². The number of rotatable bonds is 8. The van der Waals surface area contributed by atoms with E-state index in [0.717, 1.165) is 16.9 Å². The molecular formula is C32H28N2O7S. The summed E-state index contributed by atoms with van der Waals surface area (Å²) >= 11 is 0.948. The van der Waals surface area contributed by atoms with Crippen LogP contribution in [0.25, 0.3) is 5.76 Å². The zero-order valence-corrected chi connectivity index (χ0v) is 24.2. The van der Waals surface area contributed by atoms with Crippen LogP contribution in [0.2, 0.25) is 0 Å². The highest BCUT2D eigenvalue weighted by Crippen LogP contribution is 2.45. The first-order valence-electron chi connectivity index (χ1n) is 13.2. The predicted molar refractivity (Wildman–Crippen MR) is 158 cm³/mol. The van der Waals surface area contributed by atoms with Gasteiger partial charge in [0.2, 0.25) is 0 Å². The summed E-state index contributed by atoms with van der Waals surface area (Å²) < 4.78 is 16.5. The number of ether oxygens (including phenoxy) is 3. The number of aliphatic hydroxyl groups excluding tert-OH is 1. The van der Waals surface area contributed by atoms with E-state index in [2.05, 4.69) is 4.98 Å². The summed E-state index contributed by atoms with van der Waals surface area (Å²) in [6.07, 6.45) is 0. The van der Waals surface area contributed by atoms with Crippen LogP contribution in [0.1, 0.15) is 45.0 Å². The van der Waals surface area contributed by atoms with E-state index in [9.17, 15) is 19.5 Å². The number of nitrogens with zero attached hydrogens (tertiary/aromatic N) is 2. The molecule has 1 aromatic heterocycles. The normalized spacial score (nSPS) is 16.0. The van der Waals surface area contributed by atoms with Gasteiger partial charge in [0.05, 0.1) is 31.0 Å². The average molecular weight is 585 g/mol. The van der Waals surface area contributed by atoms with E-state index in [1.54, 1.807) is 75.6 Å². The summed E-state index contributed by atoms with van der Waals surface area (Å²) in [5.41, 5.74) is 1.82. The highest BCUT2D eigenvalue weighted by molar-refractivity contribution is 7.17. The minimum absolute atomic E-state index is 0.119. The zero-order chi connectivity index (χ0) is 30.0. The molecule has 1 saturated heterocycles. The van der Waals surface area contributed by atoms with E-state index in [-0.39, 0.29) is 27.9 Å². The lowest BCUT2D eigenvalue weighted by Crippen LogP contribution is -2.29. The molecule has 1 fully saturated rings. The van der Waals surface area contributed by atoms with Crippen molar-refractivity contribution in [1.29, 1.82) is 0 Å². The second-order valence-electron chi connectivity index (χ2n) is 9.47. The van der Waals surface area contributed by atoms with Gasteiger partial charge in [-0.1, -0.05) is 41.7 Å². The van der Waals surface area contributed by atoms with Crippen molar-refractivity contribution < 1.29 is 33.7 Å². The Bertz CT molecular complexity index is 1710. The Balaban J connectivity index is 1.67. The summed E-state index contributed by atoms with van der Waals surface area (Å²) in [5.74, 6) is -1.01. The quantitative estimate of drug-likeness (QED) is 0.110. The summed E-state index contributed by atoms with van der Waals surface area (Å²) in [6.45, 7) is 5.31. The number of benzene rings is 3. The third-order valence-electron chi connectivity index (χ3n) is 6.72. The maximum absolute atomic E-state index is 13.6. The van der Waals surface area contributed by atoms with Gasteiger partial charge in [-0.2, -0.15) is 0 Å². The molecule has 4 aromatic rings. The van der Waals surface area contributed by atoms with E-state index >= 15 is 0 Å². The molecule has 1 amide bonds. The van der Waals surface area contributed by atoms with Gasteiger partial charge in [-0.25, -0.2) is 9.78 Å². The monoisotopic (exact) mass is 584 g/mol. The van der Waals surface area contributed by atoms with Gasteiger partial charge in [0.1, 0.15) is 27.9 Å². The predicted octanol–water partition coefficient (Wildman–Crippen LogP) is 6.36. The standard InChI is InChI=1S/C32H28N2O7S/c1-5-40-31(38)29-19(3)33-32(42-29)34-26(20-10-9-13-23(17-20)41-22-11-7-6-8-12-22)25(28(36)30(34)37)27(35)21-14-15-24(39-4)18(2)16-21/h6-17,26,35H,5H2,1-4H3/b27-25+/t26-/m1/s1. The van der Waals surface area contributed by atoms with E-state index in [4.69, 9.17) is 14.2 Å². The fraction of sp³-hybridized carbons (Fsp3) is 0.188. The maximum Gasteiger partial charge on any atom is 0.350 e. The smallest absolute Gasteiger partial charge is 0.350 e. The average Bonchev–Trinajstić information content (AvgIpc) is 3.49. The van der Waals surface area contributed by atoms with Gasteiger partial charge in [-0.15, -0.1) is 0 Å². The van der Waals surface area contributed by atoms with Crippen molar-refractivity contribution in [2.75, 3.05) is 18.6 Å². The van der Waals surface area contributed by atoms with Gasteiger partial charge in [-0.05, 0) is 74.4 Å². The lowest BCUT2D eigenvalue weighted by Gasteiger charge is -2.23. The molecule has 1 N–H and O–H groups in total. The van der Waals surface area contributed by atoms with E-state index < -0.39 is 23.7 Å². The summed E-state index contributed by atoms with van der Waals surface area (Å²) in [6, 6.07) is 20.0. The van der Waals surface area contributed by atoms with Crippen LogP contribution in [-0.4, -0.2) is 41.5 Å². The van der Waals surface area contributed by atoms with Crippen LogP contribution in [0.3, 0.4) is 0 Å². The Kier molecular flexibility index (Phi) is 8.08. The van der Waals surface area contributed by atoms with Crippen LogP contribution in [0, 0.1) is 13.8 Å². The number of amides is 1. The minimum Gasteiger partial charge on any atom is -0.507 e. The van der Waals surface area contributed by atoms with Gasteiger partial charge in [0.15, 0.2) is 5.13 Å². The van der Waals surface area contributed by atoms with Crippen LogP contribution in [0.5, 0.6) is 17.2 Å². The summed E-state index contributed by atoms with van der Waals surface area (Å²) in [7, 11) is 1.54. The minimum atomic E-state index is -1.06. The first-order valence-corrected chi connectivity index (χ1v) is 14.0. The highest BCUT2D eigenvalue weighted by Gasteiger charge is 2.48. The molecule has 0 unspecified atom stereocenters. The first kappa shape index (κ1) is 28.6. The van der Waals surface area contributed by atoms with Crippen LogP contribution in [0.15, 0.2) is 78.4 Å². The molecule has 1 atom stereocenters. The van der Waals surface area contributed by atoms with Gasteiger partial charge in [0, 0.05) is 5.56 Å². The SMILES string of the molecule is CCOC(=O)c1sc(N2C(=O)C(=O)/C(=C(/O)c3ccc(OC)c(C)c3)[C@H]2c2cccc(Oc3ccccc3)c2)nc1C. The second kappa shape index (κ2) is 11.9. The Morgan fingerprint density at radius 3 is 2.43 bits per heavy atom. The third kappa shape index (κ3) is 5.36. The Hall–Kier alpha value is -4.96. The van der Waals surface area contributed by atoms with Gasteiger partial charge in [-0.3, -0.25) is 14.5 Å². The fourth-order valence-corrected chi connectivity index (χ4v) is 5.76. The first-order chi connectivity index (χ1) is 20.2. The van der Waals surface area contributed by atoms with E-state index in [1.807, 2.05) is 25.1 Å². The Morgan fingerprint density at radius 1 is 1.00 bits per heavy atom. The zero-order valence-electron chi connectivity index (χ0n) is 23.4. The number of hydrogen-bond acceptors (Lipinski definition) is 9. The van der Waals surface area contributed by atoms with Crippen LogP contribution in [0.4, 0.5) is 5.13 Å². The molecule has 2 heterocycles. The number of methoxy groups -OCH3 is 1. The molecule has 0 bridgehead atoms. The largest absolute Gasteiger partial charge is 0.507 e. The second-order valence-corrected chi connectivity index (χ2v) is 10.5. The van der Waals surface area contributed by atoms with Crippen molar-refractivity contribution in [2.45, 2.75) is 26.8 Å². The maximum atomic E-state index is 13.6. The number of thiazole rings is 1. The number of carbonyl (C=O) groups excluding carboxylic acids is 3. The number of aliphatic hydroxyl groups is 1. The molecule has 10 heteroatoms. The molecule has 42 heavy (non-hydrogen) atoms. The van der Waals surface area contributed by atoms with Gasteiger partial charge < -0.3 is 19.3 Å². The third-order valence-corrected chi connectivity index (χ3v) is 7.85. The number of Topliss-reactive ketones (excluding diaryl/α,β-unsaturated/α-hetero) is 1. The number of aryl methyl sites for hydroxylation is 2. The number of para-hydroxylation sites is 1. The van der Waals surface area contributed by atoms with Crippen LogP contribution in [-0.2, 0) is 14.3 Å². The van der Waals surface area contributed by atoms with Crippen molar-refractivity contribution in [1.82, 2.24) is 4.98 Å². The lowest BCUT2D eigenvalue weighted by atomic mass is 9.94. The molecule has 0 spiro atoms. The van der Waals surface area contributed by atoms with Crippen molar-refractivity contribution in [3.05, 3.63) is 106 Å². The molecular weight excluding hydrogens is 556 g/mol. The van der Waals surface area contributed by atoms with Crippen molar-refractivity contribution in [3.63, 3.8) is 0 Å². The number of carbonyl (C=O) groups is 3. The molecule has 3 aromatic carbocycles. The Labute approximate surface area is 246 Å². The molecule has 1 aliphatic heterocycles. The number of esters is 1. The number of aromatic nitrogens is 1. The van der Waals surface area contributed by atoms with Gasteiger partial charge in [0.25, 0.3) is 5.78 Å². The fourth-order valence-electron chi connectivity index (χ4n) is 4.77. The van der Waals surface area contributed by atoms with Gasteiger partial charge >= 0.3 is 11.9 Å². The molecule has 0 aliphatic carbocycles. The molecule has 9 nitrogen and oxygen atoms in total. The molecule has 1 aliphatic rings. The Morgan fingerprint density at radius 2 is 1.74 bits per heavy atom. The van der Waals surface area contributed by atoms with Crippen LogP contribution < -0.4 is 14.4 Å².